The summed E-state index contributed by atoms with van der Waals surface area (Å²) < 4.78 is 0. The highest BCUT2D eigenvalue weighted by Crippen LogP contribution is 2.20. The van der Waals surface area contributed by atoms with E-state index >= 15 is 0 Å². The minimum Gasteiger partial charge on any atom is -0.355 e. The summed E-state index contributed by atoms with van der Waals surface area (Å²) in [6, 6.07) is 17.7. The van der Waals surface area contributed by atoms with Crippen molar-refractivity contribution in [2.45, 2.75) is 32.9 Å². The van der Waals surface area contributed by atoms with Crippen molar-refractivity contribution < 1.29 is 14.5 Å². The Hall–Kier alpha value is -2.66. The van der Waals surface area contributed by atoms with Crippen LogP contribution in [0.4, 0.5) is 0 Å². The van der Waals surface area contributed by atoms with Crippen LogP contribution in [0.15, 0.2) is 54.6 Å². The van der Waals surface area contributed by atoms with Crippen LogP contribution >= 0.6 is 0 Å². The Morgan fingerprint density at radius 1 is 1.00 bits per heavy atom. The molecule has 0 spiro atoms. The summed E-state index contributed by atoms with van der Waals surface area (Å²) in [7, 11) is 3.63. The molecule has 0 fully saturated rings. The first kappa shape index (κ1) is 21.6. The van der Waals surface area contributed by atoms with Crippen LogP contribution in [0.25, 0.3) is 0 Å². The number of amides is 2. The van der Waals surface area contributed by atoms with Gasteiger partial charge in [0.2, 0.25) is 0 Å². The quantitative estimate of drug-likeness (QED) is 0.621. The molecule has 0 saturated carbocycles. The number of nitrogens with one attached hydrogen (secondary N) is 3. The Morgan fingerprint density at radius 2 is 1.64 bits per heavy atom. The number of likely N-dealkylation sites (N-methyl/N-ethyl adjacent to an activating group) is 1. The number of benzene rings is 2. The summed E-state index contributed by atoms with van der Waals surface area (Å²) >= 11 is 0. The molecule has 0 aromatic heterocycles. The van der Waals surface area contributed by atoms with E-state index in [0.29, 0.717) is 18.0 Å². The van der Waals surface area contributed by atoms with E-state index in [0.717, 1.165) is 29.0 Å². The first-order chi connectivity index (χ1) is 13.4. The Bertz CT molecular complexity index is 757. The van der Waals surface area contributed by atoms with E-state index in [9.17, 15) is 9.59 Å². The number of rotatable bonds is 9. The van der Waals surface area contributed by atoms with Crippen molar-refractivity contribution in [2.24, 2.45) is 5.92 Å². The predicted octanol–water partition coefficient (Wildman–Crippen LogP) is 1.96. The van der Waals surface area contributed by atoms with Crippen LogP contribution in [0, 0.1) is 5.92 Å². The van der Waals surface area contributed by atoms with E-state index in [4.69, 9.17) is 0 Å². The molecule has 5 heteroatoms. The third-order valence-electron chi connectivity index (χ3n) is 4.66. The lowest BCUT2D eigenvalue weighted by Gasteiger charge is -2.22. The second-order valence-corrected chi connectivity index (χ2v) is 7.75. The van der Waals surface area contributed by atoms with Crippen molar-refractivity contribution in [2.75, 3.05) is 20.6 Å². The van der Waals surface area contributed by atoms with Gasteiger partial charge in [-0.05, 0) is 30.0 Å². The zero-order valence-corrected chi connectivity index (χ0v) is 17.3. The van der Waals surface area contributed by atoms with E-state index in [1.165, 1.54) is 0 Å². The molecule has 0 saturated heterocycles. The fraction of sp³-hybridized carbons (Fsp3) is 0.391. The highest BCUT2D eigenvalue weighted by molar-refractivity contribution is 5.93. The van der Waals surface area contributed by atoms with E-state index in [2.05, 4.69) is 36.6 Å². The molecule has 0 radical (unpaired) electrons. The summed E-state index contributed by atoms with van der Waals surface area (Å²) in [5, 5.41) is 5.82. The van der Waals surface area contributed by atoms with E-state index in [1.54, 1.807) is 7.05 Å². The fourth-order valence-corrected chi connectivity index (χ4v) is 3.28. The highest BCUT2D eigenvalue weighted by Gasteiger charge is 2.18. The molecule has 28 heavy (non-hydrogen) atoms. The lowest BCUT2D eigenvalue weighted by Crippen LogP contribution is -3.08. The molecule has 0 bridgehead atoms. The molecule has 0 aliphatic carbocycles. The smallest absolute Gasteiger partial charge is 0.275 e. The van der Waals surface area contributed by atoms with Gasteiger partial charge in [0.15, 0.2) is 6.54 Å². The maximum atomic E-state index is 12.6. The normalized spacial score (nSPS) is 13.0. The minimum absolute atomic E-state index is 0.0355. The van der Waals surface area contributed by atoms with E-state index < -0.39 is 0 Å². The number of quaternary nitrogens is 1. The molecule has 1 unspecified atom stereocenters. The van der Waals surface area contributed by atoms with Gasteiger partial charge in [-0.25, -0.2) is 0 Å². The molecule has 0 aliphatic rings. The van der Waals surface area contributed by atoms with Crippen molar-refractivity contribution in [3.8, 4) is 0 Å². The second-order valence-electron chi connectivity index (χ2n) is 7.75. The summed E-state index contributed by atoms with van der Waals surface area (Å²) in [6.45, 7) is 5.46. The number of carbonyl (C=O) groups excluding carboxylic acids is 2. The highest BCUT2D eigenvalue weighted by atomic mass is 16.2. The lowest BCUT2D eigenvalue weighted by atomic mass is 9.97. The largest absolute Gasteiger partial charge is 0.355 e. The molecule has 2 aromatic rings. The van der Waals surface area contributed by atoms with Crippen LogP contribution in [-0.2, 0) is 11.3 Å². The van der Waals surface area contributed by atoms with Gasteiger partial charge in [0, 0.05) is 18.2 Å². The van der Waals surface area contributed by atoms with Crippen LogP contribution in [0.3, 0.4) is 0 Å². The number of hydrogen-bond acceptors (Lipinski definition) is 2. The molecular formula is C23H32N3O2+. The predicted molar refractivity (Wildman–Crippen MR) is 112 cm³/mol. The van der Waals surface area contributed by atoms with Gasteiger partial charge in [0.1, 0.15) is 6.54 Å². The summed E-state index contributed by atoms with van der Waals surface area (Å²) in [5.74, 6) is 0.451. The molecular weight excluding hydrogens is 350 g/mol. The summed E-state index contributed by atoms with van der Waals surface area (Å²) in [6.07, 6.45) is 0.912. The van der Waals surface area contributed by atoms with Gasteiger partial charge in [-0.15, -0.1) is 0 Å². The fourth-order valence-electron chi connectivity index (χ4n) is 3.28. The van der Waals surface area contributed by atoms with Crippen LogP contribution in [-0.4, -0.2) is 32.5 Å². The van der Waals surface area contributed by atoms with Gasteiger partial charge < -0.3 is 15.5 Å². The van der Waals surface area contributed by atoms with Gasteiger partial charge in [0.05, 0.1) is 13.1 Å². The van der Waals surface area contributed by atoms with Crippen LogP contribution < -0.4 is 15.5 Å². The second kappa shape index (κ2) is 10.6. The molecule has 2 amide bonds. The topological polar surface area (TPSA) is 62.6 Å². The van der Waals surface area contributed by atoms with E-state index in [1.807, 2.05) is 49.5 Å². The molecule has 150 valence electrons. The van der Waals surface area contributed by atoms with E-state index in [-0.39, 0.29) is 17.9 Å². The molecule has 0 aliphatic heterocycles. The van der Waals surface area contributed by atoms with Crippen LogP contribution in [0.5, 0.6) is 0 Å². The average molecular weight is 383 g/mol. The van der Waals surface area contributed by atoms with Crippen LogP contribution in [0.1, 0.15) is 47.8 Å². The summed E-state index contributed by atoms with van der Waals surface area (Å²) in [4.78, 5) is 25.3. The first-order valence-electron chi connectivity index (χ1n) is 9.85. The molecule has 5 nitrogen and oxygen atoms in total. The third-order valence-corrected chi connectivity index (χ3v) is 4.66. The average Bonchev–Trinajstić information content (AvgIpc) is 2.67. The van der Waals surface area contributed by atoms with Crippen molar-refractivity contribution in [1.82, 2.24) is 10.6 Å². The molecule has 3 N–H and O–H groups in total. The van der Waals surface area contributed by atoms with Gasteiger partial charge in [-0.2, -0.15) is 0 Å². The zero-order valence-electron chi connectivity index (χ0n) is 17.3. The molecule has 2 atom stereocenters. The molecule has 0 heterocycles. The Morgan fingerprint density at radius 3 is 2.21 bits per heavy atom. The Labute approximate surface area is 168 Å². The standard InChI is InChI=1S/C23H31N3O2/c1-17(2)14-21(19-8-6-5-7-9-19)25-22(27)16-26(4)15-18-10-12-20(13-11-18)23(28)24-3/h5-13,17,21H,14-16H2,1-4H3,(H,24,28)(H,25,27)/p+1/t21-/m1/s1. The number of carbonyl (C=O) groups is 2. The van der Waals surface area contributed by atoms with Crippen molar-refractivity contribution in [3.63, 3.8) is 0 Å². The third kappa shape index (κ3) is 6.82. The van der Waals surface area contributed by atoms with Gasteiger partial charge in [0.25, 0.3) is 11.8 Å². The monoisotopic (exact) mass is 382 g/mol. The van der Waals surface area contributed by atoms with Gasteiger partial charge >= 0.3 is 0 Å². The molecule has 2 rings (SSSR count). The maximum absolute atomic E-state index is 12.6. The summed E-state index contributed by atoms with van der Waals surface area (Å²) in [5.41, 5.74) is 2.88. The van der Waals surface area contributed by atoms with Crippen molar-refractivity contribution in [3.05, 3.63) is 71.3 Å². The zero-order chi connectivity index (χ0) is 20.5. The maximum Gasteiger partial charge on any atom is 0.275 e. The SMILES string of the molecule is CNC(=O)c1ccc(C[NH+](C)CC(=O)N[C@H](CC(C)C)c2ccccc2)cc1. The van der Waals surface area contributed by atoms with Crippen LogP contribution in [0.2, 0.25) is 0 Å². The van der Waals surface area contributed by atoms with Crippen molar-refractivity contribution in [1.29, 1.82) is 0 Å². The Balaban J connectivity index is 1.92. The lowest BCUT2D eigenvalue weighted by molar-refractivity contribution is -0.885. The number of hydrogen-bond donors (Lipinski definition) is 3. The molecule has 2 aromatic carbocycles. The van der Waals surface area contributed by atoms with Gasteiger partial charge in [-0.1, -0.05) is 56.3 Å². The van der Waals surface area contributed by atoms with Crippen molar-refractivity contribution >= 4 is 11.8 Å². The first-order valence-corrected chi connectivity index (χ1v) is 9.85. The Kier molecular flexibility index (Phi) is 8.20. The minimum atomic E-state index is -0.0938. The van der Waals surface area contributed by atoms with Gasteiger partial charge in [-0.3, -0.25) is 9.59 Å².